The number of carbonyl (C=O) groups is 2. The second-order valence-electron chi connectivity index (χ2n) is 5.23. The summed E-state index contributed by atoms with van der Waals surface area (Å²) in [7, 11) is 0. The predicted molar refractivity (Wildman–Crippen MR) is 82.4 cm³/mol. The van der Waals surface area contributed by atoms with Crippen LogP contribution in [0.25, 0.3) is 0 Å². The summed E-state index contributed by atoms with van der Waals surface area (Å²) in [5.74, 6) is 0.204. The number of rotatable bonds is 4. The van der Waals surface area contributed by atoms with E-state index in [4.69, 9.17) is 11.6 Å². The van der Waals surface area contributed by atoms with E-state index < -0.39 is 11.6 Å². The Bertz CT molecular complexity index is 654. The van der Waals surface area contributed by atoms with Crippen molar-refractivity contribution in [2.75, 3.05) is 5.32 Å². The van der Waals surface area contributed by atoms with Crippen molar-refractivity contribution in [3.63, 3.8) is 0 Å². The largest absolute Gasteiger partial charge is 0.344 e. The number of halogens is 1. The Morgan fingerprint density at radius 2 is 2.23 bits per heavy atom. The number of nitrogens with zero attached hydrogens (tertiary/aromatic N) is 3. The fourth-order valence-corrected chi connectivity index (χ4v) is 2.40. The summed E-state index contributed by atoms with van der Waals surface area (Å²) >= 11 is 6.21. The zero-order valence-corrected chi connectivity index (χ0v) is 13.2. The first-order chi connectivity index (χ1) is 10.3. The molecule has 8 heteroatoms. The minimum absolute atomic E-state index is 0.116. The van der Waals surface area contributed by atoms with Gasteiger partial charge < -0.3 is 10.6 Å². The van der Waals surface area contributed by atoms with E-state index in [1.54, 1.807) is 39.1 Å². The lowest BCUT2D eigenvalue weighted by Crippen LogP contribution is -2.45. The van der Waals surface area contributed by atoms with Gasteiger partial charge in [0.05, 0.1) is 5.03 Å². The van der Waals surface area contributed by atoms with Crippen LogP contribution in [0.15, 0.2) is 41.1 Å². The first-order valence-electron chi connectivity index (χ1n) is 6.53. The number of aromatic nitrogens is 2. The van der Waals surface area contributed by atoms with Crippen molar-refractivity contribution in [1.29, 1.82) is 0 Å². The molecule has 0 radical (unpaired) electrons. The van der Waals surface area contributed by atoms with Crippen molar-refractivity contribution < 1.29 is 9.59 Å². The summed E-state index contributed by atoms with van der Waals surface area (Å²) < 4.78 is 0. The third kappa shape index (κ3) is 3.25. The van der Waals surface area contributed by atoms with E-state index in [-0.39, 0.29) is 10.7 Å². The molecule has 2 amide bonds. The Balaban J connectivity index is 2.29. The molecule has 2 heterocycles. The van der Waals surface area contributed by atoms with E-state index in [2.05, 4.69) is 20.6 Å². The number of hydrogen-bond acceptors (Lipinski definition) is 5. The van der Waals surface area contributed by atoms with Crippen LogP contribution in [0.3, 0.4) is 0 Å². The molecule has 0 aromatic carbocycles. The molecule has 1 aromatic rings. The first-order valence-corrected chi connectivity index (χ1v) is 6.91. The van der Waals surface area contributed by atoms with Gasteiger partial charge in [-0.2, -0.15) is 0 Å². The molecule has 1 aliphatic rings. The van der Waals surface area contributed by atoms with Crippen molar-refractivity contribution in [2.24, 2.45) is 0 Å². The maximum Gasteiger partial charge on any atom is 0.271 e. The van der Waals surface area contributed by atoms with Crippen LogP contribution in [0.1, 0.15) is 20.8 Å². The molecular weight excluding hydrogens is 306 g/mol. The Hall–Kier alpha value is -2.41. The van der Waals surface area contributed by atoms with Crippen LogP contribution in [0.4, 0.5) is 5.82 Å². The molecule has 1 aliphatic heterocycles. The average Bonchev–Trinajstić information content (AvgIpc) is 2.67. The van der Waals surface area contributed by atoms with E-state index in [1.807, 2.05) is 0 Å². The van der Waals surface area contributed by atoms with E-state index in [0.29, 0.717) is 17.9 Å². The predicted octanol–water partition coefficient (Wildman–Crippen LogP) is 1.57. The maximum atomic E-state index is 12.0. The van der Waals surface area contributed by atoms with Crippen molar-refractivity contribution in [1.82, 2.24) is 20.2 Å². The lowest BCUT2D eigenvalue weighted by atomic mass is 10.2. The molecule has 1 saturated heterocycles. The number of hydrogen-bond donors (Lipinski definition) is 2. The second kappa shape index (κ2) is 6.15. The van der Waals surface area contributed by atoms with Crippen LogP contribution >= 0.6 is 11.6 Å². The van der Waals surface area contributed by atoms with E-state index in [9.17, 15) is 9.59 Å². The minimum Gasteiger partial charge on any atom is -0.344 e. The average molecular weight is 322 g/mol. The van der Waals surface area contributed by atoms with Gasteiger partial charge in [0.15, 0.2) is 0 Å². The summed E-state index contributed by atoms with van der Waals surface area (Å²) in [6.45, 7) is 5.20. The summed E-state index contributed by atoms with van der Waals surface area (Å²) in [5, 5.41) is 5.87. The smallest absolute Gasteiger partial charge is 0.271 e. The highest BCUT2D eigenvalue weighted by molar-refractivity contribution is 6.33. The fourth-order valence-electron chi connectivity index (χ4n) is 2.06. The molecule has 1 fully saturated rings. The van der Waals surface area contributed by atoms with Gasteiger partial charge in [0, 0.05) is 11.9 Å². The quantitative estimate of drug-likeness (QED) is 0.649. The molecule has 0 spiro atoms. The van der Waals surface area contributed by atoms with Gasteiger partial charge in [-0.25, -0.2) is 9.97 Å². The van der Waals surface area contributed by atoms with Gasteiger partial charge in [0.2, 0.25) is 6.41 Å². The van der Waals surface area contributed by atoms with Crippen molar-refractivity contribution >= 4 is 29.7 Å². The molecule has 0 aliphatic carbocycles. The number of allylic oxidation sites excluding steroid dienone is 3. The molecule has 0 bridgehead atoms. The van der Waals surface area contributed by atoms with Crippen LogP contribution < -0.4 is 10.6 Å². The van der Waals surface area contributed by atoms with Gasteiger partial charge in [-0.15, -0.1) is 0 Å². The molecule has 0 saturated carbocycles. The summed E-state index contributed by atoms with van der Waals surface area (Å²) in [6, 6.07) is 1.70. The monoisotopic (exact) mass is 321 g/mol. The zero-order chi connectivity index (χ0) is 16.3. The standard InChI is InChI=1S/C14H16ClN5O2/c1-9(18-11-4-5-16-7-17-11)6-10(15)12-13(22)19-14(2,3)20(12)8-21/h4-8H,1-3H3,(H,19,22)(H,16,17,18)/b9-6+,12-10+. The molecule has 7 nitrogen and oxygen atoms in total. The zero-order valence-electron chi connectivity index (χ0n) is 12.4. The van der Waals surface area contributed by atoms with Gasteiger partial charge in [-0.3, -0.25) is 14.5 Å². The van der Waals surface area contributed by atoms with Crippen LogP contribution in [-0.4, -0.2) is 32.8 Å². The lowest BCUT2D eigenvalue weighted by Gasteiger charge is -2.26. The summed E-state index contributed by atoms with van der Waals surface area (Å²) in [5.41, 5.74) is -0.0269. The molecule has 2 rings (SSSR count). The highest BCUT2D eigenvalue weighted by Gasteiger charge is 2.41. The van der Waals surface area contributed by atoms with Crippen LogP contribution in [-0.2, 0) is 9.59 Å². The Labute approximate surface area is 133 Å². The molecule has 2 N–H and O–H groups in total. The van der Waals surface area contributed by atoms with Crippen molar-refractivity contribution in [2.45, 2.75) is 26.4 Å². The minimum atomic E-state index is -0.809. The lowest BCUT2D eigenvalue weighted by molar-refractivity contribution is -0.120. The van der Waals surface area contributed by atoms with E-state index >= 15 is 0 Å². The molecule has 1 aromatic heterocycles. The van der Waals surface area contributed by atoms with Gasteiger partial charge in [0.1, 0.15) is 23.5 Å². The van der Waals surface area contributed by atoms with Crippen molar-refractivity contribution in [3.05, 3.63) is 41.1 Å². The molecule has 0 unspecified atom stereocenters. The van der Waals surface area contributed by atoms with Crippen molar-refractivity contribution in [3.8, 4) is 0 Å². The van der Waals surface area contributed by atoms with Crippen LogP contribution in [0.2, 0.25) is 0 Å². The van der Waals surface area contributed by atoms with Gasteiger partial charge in [0.25, 0.3) is 5.91 Å². The van der Waals surface area contributed by atoms with E-state index in [1.165, 1.54) is 11.2 Å². The topological polar surface area (TPSA) is 87.2 Å². The summed E-state index contributed by atoms with van der Waals surface area (Å²) in [4.78, 5) is 32.4. The van der Waals surface area contributed by atoms with Crippen LogP contribution in [0.5, 0.6) is 0 Å². The number of anilines is 1. The number of carbonyl (C=O) groups excluding carboxylic acids is 2. The number of amides is 2. The number of nitrogens with one attached hydrogen (secondary N) is 2. The third-order valence-corrected chi connectivity index (χ3v) is 3.35. The normalized spacial score (nSPS) is 19.7. The molecule has 116 valence electrons. The third-order valence-electron chi connectivity index (χ3n) is 3.06. The molecular formula is C14H16ClN5O2. The summed E-state index contributed by atoms with van der Waals surface area (Å²) in [6.07, 6.45) is 5.16. The van der Waals surface area contributed by atoms with Gasteiger partial charge in [-0.05, 0) is 32.9 Å². The molecule has 0 atom stereocenters. The van der Waals surface area contributed by atoms with Gasteiger partial charge >= 0.3 is 0 Å². The molecule has 22 heavy (non-hydrogen) atoms. The van der Waals surface area contributed by atoms with Gasteiger partial charge in [-0.1, -0.05) is 11.6 Å². The fraction of sp³-hybridized carbons (Fsp3) is 0.286. The highest BCUT2D eigenvalue weighted by Crippen LogP contribution is 2.28. The first kappa shape index (κ1) is 16.0. The Morgan fingerprint density at radius 3 is 2.82 bits per heavy atom. The van der Waals surface area contributed by atoms with E-state index in [0.717, 1.165) is 0 Å². The maximum absolute atomic E-state index is 12.0. The second-order valence-corrected chi connectivity index (χ2v) is 5.64. The highest BCUT2D eigenvalue weighted by atomic mass is 35.5. The van der Waals surface area contributed by atoms with Crippen LogP contribution in [0, 0.1) is 0 Å². The Kier molecular flexibility index (Phi) is 4.46. The Morgan fingerprint density at radius 1 is 1.50 bits per heavy atom. The SMILES string of the molecule is C/C(=C\C(Cl)=C1\C(=O)NC(C)(C)N1C=O)Nc1ccncn1.